The zero-order valence-electron chi connectivity index (χ0n) is 21.0. The molecule has 0 aromatic heterocycles. The molecule has 0 aliphatic carbocycles. The lowest BCUT2D eigenvalue weighted by molar-refractivity contribution is 0.0952. The van der Waals surface area contributed by atoms with Crippen LogP contribution in [0.25, 0.3) is 0 Å². The molecule has 38 heavy (non-hydrogen) atoms. The van der Waals surface area contributed by atoms with E-state index >= 15 is 0 Å². The van der Waals surface area contributed by atoms with Crippen molar-refractivity contribution in [3.63, 3.8) is 0 Å². The highest BCUT2D eigenvalue weighted by Gasteiger charge is 2.15. The number of aryl methyl sites for hydroxylation is 2. The van der Waals surface area contributed by atoms with Crippen molar-refractivity contribution >= 4 is 34.7 Å². The van der Waals surface area contributed by atoms with E-state index in [0.717, 1.165) is 16.8 Å². The molecule has 0 saturated heterocycles. The Kier molecular flexibility index (Phi) is 9.93. The topological polar surface area (TPSA) is 137 Å². The number of hydrogen-bond acceptors (Lipinski definition) is 7. The van der Waals surface area contributed by atoms with Crippen molar-refractivity contribution in [2.24, 2.45) is 15.3 Å². The van der Waals surface area contributed by atoms with E-state index in [2.05, 4.69) is 32.9 Å². The first-order valence-electron chi connectivity index (χ1n) is 11.8. The Morgan fingerprint density at radius 3 is 2.29 bits per heavy atom. The highest BCUT2D eigenvalue weighted by Crippen LogP contribution is 2.23. The fraction of sp³-hybridized carbons (Fsp3) is 0.214. The summed E-state index contributed by atoms with van der Waals surface area (Å²) in [5, 5.41) is 41.2. The van der Waals surface area contributed by atoms with E-state index in [4.69, 9.17) is 22.1 Å². The summed E-state index contributed by atoms with van der Waals surface area (Å²) in [5.74, 6) is -0.758. The molecule has 3 aromatic carbocycles. The van der Waals surface area contributed by atoms with Crippen LogP contribution in [-0.2, 0) is 0 Å². The minimum absolute atomic E-state index is 0.0335. The number of benzene rings is 3. The number of nitrogens with one attached hydrogen (secondary N) is 1. The molecule has 0 fully saturated rings. The van der Waals surface area contributed by atoms with Crippen LogP contribution in [0.15, 0.2) is 76.0 Å². The van der Waals surface area contributed by atoms with Crippen LogP contribution in [0.1, 0.15) is 39.9 Å². The van der Waals surface area contributed by atoms with E-state index in [0.29, 0.717) is 42.2 Å². The van der Waals surface area contributed by atoms with Crippen molar-refractivity contribution in [3.8, 4) is 17.9 Å². The molecule has 0 radical (unpaired) electrons. The van der Waals surface area contributed by atoms with Crippen LogP contribution in [0.5, 0.6) is 5.75 Å². The number of rotatable bonds is 9. The van der Waals surface area contributed by atoms with Gasteiger partial charge in [0, 0.05) is 29.4 Å². The first-order chi connectivity index (χ1) is 18.3. The third-order valence-electron chi connectivity index (χ3n) is 5.56. The maximum atomic E-state index is 12.7. The van der Waals surface area contributed by atoms with Gasteiger partial charge in [-0.25, -0.2) is 5.43 Å². The average Bonchev–Trinajstić information content (AvgIpc) is 2.91. The smallest absolute Gasteiger partial charge is 0.275 e. The lowest BCUT2D eigenvalue weighted by atomic mass is 10.1. The summed E-state index contributed by atoms with van der Waals surface area (Å²) in [6.45, 7) is 4.82. The Hall–Kier alpha value is -4.73. The SMILES string of the molecule is Cc1ccc(N=NC(=NNC(=O)c2cc(Cl)ccc2O)c2ccc(N(CCC#N)CCC#N)cc2C)cc1. The second kappa shape index (κ2) is 13.5. The van der Waals surface area contributed by atoms with Gasteiger partial charge in [0.1, 0.15) is 5.75 Å². The molecule has 3 rings (SSSR count). The molecule has 0 heterocycles. The van der Waals surface area contributed by atoms with Gasteiger partial charge in [0.15, 0.2) is 0 Å². The molecular formula is C28H26ClN7O2. The molecule has 3 aromatic rings. The lowest BCUT2D eigenvalue weighted by Gasteiger charge is -2.23. The summed E-state index contributed by atoms with van der Waals surface area (Å²) in [4.78, 5) is 14.7. The van der Waals surface area contributed by atoms with Gasteiger partial charge in [-0.15, -0.1) is 15.3 Å². The normalized spacial score (nSPS) is 11.1. The molecule has 0 unspecified atom stereocenters. The predicted octanol–water partition coefficient (Wildman–Crippen LogP) is 6.17. The number of carbonyl (C=O) groups excluding carboxylic acids is 1. The fourth-order valence-corrected chi connectivity index (χ4v) is 3.71. The van der Waals surface area contributed by atoms with E-state index in [-0.39, 0.29) is 17.1 Å². The molecule has 2 N–H and O–H groups in total. The van der Waals surface area contributed by atoms with Gasteiger partial charge >= 0.3 is 0 Å². The molecule has 10 heteroatoms. The van der Waals surface area contributed by atoms with Crippen LogP contribution in [0.3, 0.4) is 0 Å². The van der Waals surface area contributed by atoms with Gasteiger partial charge in [-0.2, -0.15) is 10.5 Å². The molecule has 1 amide bonds. The van der Waals surface area contributed by atoms with Gasteiger partial charge in [0.25, 0.3) is 5.91 Å². The Bertz CT molecular complexity index is 1420. The summed E-state index contributed by atoms with van der Waals surface area (Å²) in [6.07, 6.45) is 0.651. The number of azo groups is 1. The number of anilines is 1. The predicted molar refractivity (Wildman–Crippen MR) is 147 cm³/mol. The third-order valence-corrected chi connectivity index (χ3v) is 5.80. The molecule has 0 bridgehead atoms. The van der Waals surface area contributed by atoms with Gasteiger partial charge in [0.2, 0.25) is 5.84 Å². The number of halogens is 1. The lowest BCUT2D eigenvalue weighted by Crippen LogP contribution is -2.25. The van der Waals surface area contributed by atoms with Gasteiger partial charge < -0.3 is 10.0 Å². The monoisotopic (exact) mass is 527 g/mol. The number of nitriles is 2. The number of carbonyl (C=O) groups is 1. The molecule has 0 aliphatic heterocycles. The Labute approximate surface area is 226 Å². The molecular weight excluding hydrogens is 502 g/mol. The third kappa shape index (κ3) is 7.63. The molecule has 0 saturated carbocycles. The van der Waals surface area contributed by atoms with E-state index < -0.39 is 5.91 Å². The van der Waals surface area contributed by atoms with Gasteiger partial charge in [0.05, 0.1) is 36.2 Å². The van der Waals surface area contributed by atoms with Crippen molar-refractivity contribution in [3.05, 3.63) is 87.9 Å². The number of phenols is 1. The Morgan fingerprint density at radius 1 is 0.974 bits per heavy atom. The second-order valence-electron chi connectivity index (χ2n) is 8.38. The number of amides is 1. The van der Waals surface area contributed by atoms with Crippen molar-refractivity contribution in [2.45, 2.75) is 26.7 Å². The number of aromatic hydroxyl groups is 1. The zero-order valence-corrected chi connectivity index (χ0v) is 21.8. The van der Waals surface area contributed by atoms with Crippen LogP contribution in [-0.4, -0.2) is 29.9 Å². The summed E-state index contributed by atoms with van der Waals surface area (Å²) in [6, 6.07) is 21.4. The minimum atomic E-state index is -0.665. The maximum Gasteiger partial charge on any atom is 0.275 e. The van der Waals surface area contributed by atoms with Gasteiger partial charge in [-0.1, -0.05) is 29.3 Å². The summed E-state index contributed by atoms with van der Waals surface area (Å²) in [7, 11) is 0. The highest BCUT2D eigenvalue weighted by molar-refractivity contribution is 6.31. The van der Waals surface area contributed by atoms with Crippen LogP contribution in [0, 0.1) is 36.5 Å². The zero-order chi connectivity index (χ0) is 27.5. The van der Waals surface area contributed by atoms with E-state index in [1.165, 1.54) is 18.2 Å². The van der Waals surface area contributed by atoms with E-state index in [9.17, 15) is 9.90 Å². The maximum absolute atomic E-state index is 12.7. The summed E-state index contributed by atoms with van der Waals surface area (Å²) >= 11 is 5.97. The molecule has 0 spiro atoms. The summed E-state index contributed by atoms with van der Waals surface area (Å²) in [5.41, 5.74) is 6.33. The molecule has 192 valence electrons. The number of nitrogens with zero attached hydrogens (tertiary/aromatic N) is 6. The standard InChI is InChI=1S/C28H26ClN7O2/c1-19-5-8-22(9-6-19)32-33-27(34-35-28(38)25-18-21(29)7-12-26(25)37)24-11-10-23(17-20(24)2)36(15-3-13-30)16-4-14-31/h5-12,17-18,37H,3-4,15-16H2,1-2H3,(H,35,38). The fourth-order valence-electron chi connectivity index (χ4n) is 3.54. The van der Waals surface area contributed by atoms with Crippen molar-refractivity contribution in [1.82, 2.24) is 5.43 Å². The molecule has 0 atom stereocenters. The van der Waals surface area contributed by atoms with Crippen molar-refractivity contribution < 1.29 is 9.90 Å². The number of amidine groups is 1. The molecule has 0 aliphatic rings. The average molecular weight is 528 g/mol. The minimum Gasteiger partial charge on any atom is -0.507 e. The Balaban J connectivity index is 1.97. The van der Waals surface area contributed by atoms with Crippen molar-refractivity contribution in [1.29, 1.82) is 10.5 Å². The van der Waals surface area contributed by atoms with Crippen LogP contribution >= 0.6 is 11.6 Å². The van der Waals surface area contributed by atoms with Crippen LogP contribution in [0.2, 0.25) is 5.02 Å². The van der Waals surface area contributed by atoms with Gasteiger partial charge in [-0.3, -0.25) is 4.79 Å². The first kappa shape index (κ1) is 27.9. The number of phenolic OH excluding ortho intramolecular Hbond substituents is 1. The highest BCUT2D eigenvalue weighted by atomic mass is 35.5. The Morgan fingerprint density at radius 2 is 1.66 bits per heavy atom. The van der Waals surface area contributed by atoms with Gasteiger partial charge in [-0.05, 0) is 67.9 Å². The largest absolute Gasteiger partial charge is 0.507 e. The van der Waals surface area contributed by atoms with Crippen LogP contribution in [0.4, 0.5) is 11.4 Å². The molecule has 9 nitrogen and oxygen atoms in total. The van der Waals surface area contributed by atoms with E-state index in [1.807, 2.05) is 55.1 Å². The summed E-state index contributed by atoms with van der Waals surface area (Å²) < 4.78 is 0. The van der Waals surface area contributed by atoms with Crippen LogP contribution < -0.4 is 10.3 Å². The van der Waals surface area contributed by atoms with Crippen molar-refractivity contribution in [2.75, 3.05) is 18.0 Å². The number of hydrogen-bond donors (Lipinski definition) is 2. The quantitative estimate of drug-likeness (QED) is 0.148. The van der Waals surface area contributed by atoms with E-state index in [1.54, 1.807) is 6.07 Å². The first-order valence-corrected chi connectivity index (χ1v) is 12.1. The second-order valence-corrected chi connectivity index (χ2v) is 8.81. The number of hydrazone groups is 1.